The predicted octanol–water partition coefficient (Wildman–Crippen LogP) is 1.76. The van der Waals surface area contributed by atoms with Crippen LogP contribution in [0.15, 0.2) is 45.6 Å². The lowest BCUT2D eigenvalue weighted by Gasteiger charge is -2.38. The smallest absolute Gasteiger partial charge is 0.339 e. The standard InChI is InChI=1S/C17H16FNO5/c1-11-6-14(7-17(21)23-11)24-15-8-19(9-15)16(20)10-22-13-4-2-12(18)3-5-13/h2-7,15H,8-10H2,1H3. The number of carbonyl (C=O) groups excluding carboxylic acids is 1. The van der Waals surface area contributed by atoms with Gasteiger partial charge in [0.1, 0.15) is 29.2 Å². The molecule has 3 rings (SSSR count). The molecular formula is C17H16FNO5. The normalized spacial score (nSPS) is 14.2. The maximum atomic E-state index is 12.8. The molecule has 1 aliphatic rings. The first kappa shape index (κ1) is 16.0. The molecule has 0 bridgehead atoms. The van der Waals surface area contributed by atoms with Crippen LogP contribution in [-0.4, -0.2) is 36.6 Å². The Morgan fingerprint density at radius 1 is 1.25 bits per heavy atom. The fourth-order valence-corrected chi connectivity index (χ4v) is 2.32. The molecular weight excluding hydrogens is 317 g/mol. The molecule has 1 aliphatic heterocycles. The van der Waals surface area contributed by atoms with E-state index in [1.165, 1.54) is 30.3 Å². The molecule has 0 atom stereocenters. The molecule has 126 valence electrons. The Morgan fingerprint density at radius 2 is 1.96 bits per heavy atom. The van der Waals surface area contributed by atoms with E-state index in [0.717, 1.165) is 0 Å². The van der Waals surface area contributed by atoms with Crippen molar-refractivity contribution in [2.75, 3.05) is 19.7 Å². The van der Waals surface area contributed by atoms with Gasteiger partial charge in [-0.2, -0.15) is 0 Å². The van der Waals surface area contributed by atoms with Crippen molar-refractivity contribution in [3.8, 4) is 11.5 Å². The van der Waals surface area contributed by atoms with Crippen LogP contribution in [0.1, 0.15) is 5.76 Å². The minimum atomic E-state index is -0.468. The van der Waals surface area contributed by atoms with Gasteiger partial charge >= 0.3 is 5.63 Å². The monoisotopic (exact) mass is 333 g/mol. The lowest BCUT2D eigenvalue weighted by atomic mass is 10.1. The lowest BCUT2D eigenvalue weighted by molar-refractivity contribution is -0.142. The molecule has 1 fully saturated rings. The molecule has 24 heavy (non-hydrogen) atoms. The van der Waals surface area contributed by atoms with Crippen LogP contribution in [0.2, 0.25) is 0 Å². The second kappa shape index (κ2) is 6.74. The summed E-state index contributed by atoms with van der Waals surface area (Å²) in [4.78, 5) is 24.8. The van der Waals surface area contributed by atoms with Crippen LogP contribution < -0.4 is 15.1 Å². The Morgan fingerprint density at radius 3 is 2.62 bits per heavy atom. The van der Waals surface area contributed by atoms with Crippen molar-refractivity contribution in [3.63, 3.8) is 0 Å². The molecule has 1 aromatic heterocycles. The average molecular weight is 333 g/mol. The van der Waals surface area contributed by atoms with Crippen molar-refractivity contribution in [2.45, 2.75) is 13.0 Å². The van der Waals surface area contributed by atoms with E-state index in [1.807, 2.05) is 0 Å². The highest BCUT2D eigenvalue weighted by Crippen LogP contribution is 2.18. The molecule has 0 unspecified atom stereocenters. The zero-order valence-electron chi connectivity index (χ0n) is 13.0. The van der Waals surface area contributed by atoms with Crippen molar-refractivity contribution in [1.82, 2.24) is 4.90 Å². The second-order valence-electron chi connectivity index (χ2n) is 5.50. The van der Waals surface area contributed by atoms with Gasteiger partial charge in [0.25, 0.3) is 5.91 Å². The second-order valence-corrected chi connectivity index (χ2v) is 5.50. The van der Waals surface area contributed by atoms with E-state index < -0.39 is 5.63 Å². The van der Waals surface area contributed by atoms with Gasteiger partial charge in [-0.1, -0.05) is 0 Å². The molecule has 0 aliphatic carbocycles. The van der Waals surface area contributed by atoms with Gasteiger partial charge in [-0.25, -0.2) is 9.18 Å². The number of benzene rings is 1. The Labute approximate surface area is 137 Å². The lowest BCUT2D eigenvalue weighted by Crippen LogP contribution is -2.57. The number of hydrogen-bond donors (Lipinski definition) is 0. The highest BCUT2D eigenvalue weighted by molar-refractivity contribution is 5.78. The molecule has 7 heteroatoms. The first-order valence-electron chi connectivity index (χ1n) is 7.44. The Balaban J connectivity index is 1.44. The zero-order valence-corrected chi connectivity index (χ0v) is 13.0. The topological polar surface area (TPSA) is 69.0 Å². The van der Waals surface area contributed by atoms with Crippen molar-refractivity contribution in [1.29, 1.82) is 0 Å². The number of likely N-dealkylation sites (tertiary alicyclic amines) is 1. The molecule has 1 amide bonds. The molecule has 1 saturated heterocycles. The molecule has 2 heterocycles. The van der Waals surface area contributed by atoms with Crippen LogP contribution in [-0.2, 0) is 4.79 Å². The number of ether oxygens (including phenoxy) is 2. The number of halogens is 1. The summed E-state index contributed by atoms with van der Waals surface area (Å²) < 4.78 is 28.6. The molecule has 0 saturated carbocycles. The number of amides is 1. The van der Waals surface area contributed by atoms with Crippen molar-refractivity contribution in [3.05, 3.63) is 58.4 Å². The molecule has 6 nitrogen and oxygen atoms in total. The molecule has 0 spiro atoms. The molecule has 1 aromatic carbocycles. The average Bonchev–Trinajstić information content (AvgIpc) is 2.48. The maximum absolute atomic E-state index is 12.8. The van der Waals surface area contributed by atoms with Gasteiger partial charge in [-0.3, -0.25) is 4.79 Å². The first-order valence-corrected chi connectivity index (χ1v) is 7.44. The van der Waals surface area contributed by atoms with Crippen LogP contribution in [0.3, 0.4) is 0 Å². The first-order chi connectivity index (χ1) is 11.5. The van der Waals surface area contributed by atoms with Crippen LogP contribution in [0, 0.1) is 12.7 Å². The van der Waals surface area contributed by atoms with Gasteiger partial charge < -0.3 is 18.8 Å². The number of nitrogens with zero attached hydrogens (tertiary/aromatic N) is 1. The summed E-state index contributed by atoms with van der Waals surface area (Å²) in [5.41, 5.74) is -0.468. The maximum Gasteiger partial charge on any atom is 0.339 e. The van der Waals surface area contributed by atoms with Crippen molar-refractivity contribution in [2.24, 2.45) is 0 Å². The van der Waals surface area contributed by atoms with Gasteiger partial charge in [0.05, 0.1) is 19.2 Å². The summed E-state index contributed by atoms with van der Waals surface area (Å²) >= 11 is 0. The van der Waals surface area contributed by atoms with Crippen molar-refractivity contribution >= 4 is 5.91 Å². The SMILES string of the molecule is Cc1cc(OC2CN(C(=O)COc3ccc(F)cc3)C2)cc(=O)o1. The highest BCUT2D eigenvalue weighted by Gasteiger charge is 2.32. The third kappa shape index (κ3) is 3.92. The predicted molar refractivity (Wildman–Crippen MR) is 82.6 cm³/mol. The largest absolute Gasteiger partial charge is 0.486 e. The third-order valence-corrected chi connectivity index (χ3v) is 3.55. The number of carbonyl (C=O) groups is 1. The Bertz CT molecular complexity index is 780. The Hall–Kier alpha value is -2.83. The summed E-state index contributed by atoms with van der Waals surface area (Å²) in [6.07, 6.45) is -0.166. The summed E-state index contributed by atoms with van der Waals surface area (Å²) in [6, 6.07) is 8.37. The molecule has 0 N–H and O–H groups in total. The highest BCUT2D eigenvalue weighted by atomic mass is 19.1. The molecule has 0 radical (unpaired) electrons. The van der Waals surface area contributed by atoms with Crippen LogP contribution in [0.4, 0.5) is 4.39 Å². The summed E-state index contributed by atoms with van der Waals surface area (Å²) in [5.74, 6) is 0.801. The quantitative estimate of drug-likeness (QED) is 0.834. The van der Waals surface area contributed by atoms with Crippen LogP contribution in [0.25, 0.3) is 0 Å². The van der Waals surface area contributed by atoms with Crippen LogP contribution >= 0.6 is 0 Å². The van der Waals surface area contributed by atoms with E-state index in [2.05, 4.69) is 0 Å². The van der Waals surface area contributed by atoms with Gasteiger partial charge in [-0.15, -0.1) is 0 Å². The Kier molecular flexibility index (Phi) is 4.50. The van der Waals surface area contributed by atoms with Gasteiger partial charge in [-0.05, 0) is 31.2 Å². The fraction of sp³-hybridized carbons (Fsp3) is 0.294. The fourth-order valence-electron chi connectivity index (χ4n) is 2.32. The minimum absolute atomic E-state index is 0.119. The zero-order chi connectivity index (χ0) is 17.1. The third-order valence-electron chi connectivity index (χ3n) is 3.55. The van der Waals surface area contributed by atoms with E-state index >= 15 is 0 Å². The minimum Gasteiger partial charge on any atom is -0.486 e. The van der Waals surface area contributed by atoms with E-state index in [9.17, 15) is 14.0 Å². The summed E-state index contributed by atoms with van der Waals surface area (Å²) in [6.45, 7) is 2.39. The van der Waals surface area contributed by atoms with E-state index in [0.29, 0.717) is 30.3 Å². The number of aryl methyl sites for hydroxylation is 1. The van der Waals surface area contributed by atoms with E-state index in [4.69, 9.17) is 13.9 Å². The van der Waals surface area contributed by atoms with Crippen molar-refractivity contribution < 1.29 is 23.1 Å². The molecule has 2 aromatic rings. The number of rotatable bonds is 5. The van der Waals surface area contributed by atoms with Gasteiger partial charge in [0, 0.05) is 6.07 Å². The number of hydrogen-bond acceptors (Lipinski definition) is 5. The van der Waals surface area contributed by atoms with E-state index in [-0.39, 0.29) is 24.4 Å². The van der Waals surface area contributed by atoms with Crippen LogP contribution in [0.5, 0.6) is 11.5 Å². The summed E-state index contributed by atoms with van der Waals surface area (Å²) in [7, 11) is 0. The summed E-state index contributed by atoms with van der Waals surface area (Å²) in [5, 5.41) is 0. The van der Waals surface area contributed by atoms with E-state index in [1.54, 1.807) is 17.9 Å². The van der Waals surface area contributed by atoms with Gasteiger partial charge in [0.15, 0.2) is 6.61 Å². The van der Waals surface area contributed by atoms with Gasteiger partial charge in [0.2, 0.25) is 0 Å².